The summed E-state index contributed by atoms with van der Waals surface area (Å²) in [6.07, 6.45) is 1.38. The zero-order valence-electron chi connectivity index (χ0n) is 13.5. The number of rotatable bonds is 8. The average Bonchev–Trinajstić information content (AvgIpc) is 2.62. The summed E-state index contributed by atoms with van der Waals surface area (Å²) in [6, 6.07) is 14.7. The molecule has 0 amide bonds. The van der Waals surface area contributed by atoms with Crippen molar-refractivity contribution < 1.29 is 17.9 Å². The normalized spacial score (nSPS) is 11.0. The van der Waals surface area contributed by atoms with Gasteiger partial charge in [-0.3, -0.25) is 0 Å². The third kappa shape index (κ3) is 5.51. The lowest BCUT2D eigenvalue weighted by Gasteiger charge is -2.06. The van der Waals surface area contributed by atoms with Crippen LogP contribution >= 0.6 is 0 Å². The Morgan fingerprint density at radius 1 is 1.08 bits per heavy atom. The largest absolute Gasteiger partial charge is 0.494 e. The highest BCUT2D eigenvalue weighted by molar-refractivity contribution is 7.89. The number of ether oxygens (including phenoxy) is 2. The van der Waals surface area contributed by atoms with Crippen molar-refractivity contribution in [3.05, 3.63) is 54.1 Å². The van der Waals surface area contributed by atoms with Crippen LogP contribution in [0.3, 0.4) is 0 Å². The Kier molecular flexibility index (Phi) is 6.37. The number of nitrogens with zero attached hydrogens (tertiary/aromatic N) is 2. The number of hydrogen-bond donors (Lipinski definition) is 1. The minimum atomic E-state index is -3.75. The Labute approximate surface area is 146 Å². The van der Waals surface area contributed by atoms with Crippen LogP contribution in [0.2, 0.25) is 0 Å². The van der Waals surface area contributed by atoms with Crippen molar-refractivity contribution in [1.29, 1.82) is 5.26 Å². The Bertz CT molecular complexity index is 854. The first-order chi connectivity index (χ1) is 12.0. The second-order valence-electron chi connectivity index (χ2n) is 4.77. The van der Waals surface area contributed by atoms with E-state index in [2.05, 4.69) is 9.93 Å². The maximum absolute atomic E-state index is 12.1. The molecule has 0 fully saturated rings. The number of nitriles is 1. The molecule has 7 nitrogen and oxygen atoms in total. The maximum Gasteiger partial charge on any atom is 0.276 e. The van der Waals surface area contributed by atoms with Gasteiger partial charge in [-0.15, -0.1) is 0 Å². The summed E-state index contributed by atoms with van der Waals surface area (Å²) in [4.78, 5) is 2.24. The average molecular weight is 359 g/mol. The zero-order chi connectivity index (χ0) is 18.1. The lowest BCUT2D eigenvalue weighted by Crippen LogP contribution is -2.18. The molecule has 1 N–H and O–H groups in total. The minimum absolute atomic E-state index is 0.0324. The first-order valence-corrected chi connectivity index (χ1v) is 8.91. The van der Waals surface area contributed by atoms with Crippen molar-refractivity contribution in [1.82, 2.24) is 4.83 Å². The predicted octanol–water partition coefficient (Wildman–Crippen LogP) is 2.30. The fourth-order valence-electron chi connectivity index (χ4n) is 1.87. The molecule has 0 unspecified atom stereocenters. The first kappa shape index (κ1) is 18.3. The van der Waals surface area contributed by atoms with Gasteiger partial charge in [0.25, 0.3) is 10.0 Å². The van der Waals surface area contributed by atoms with Crippen molar-refractivity contribution in [3.63, 3.8) is 0 Å². The lowest BCUT2D eigenvalue weighted by atomic mass is 10.2. The number of nitrogens with one attached hydrogen (secondary N) is 1. The van der Waals surface area contributed by atoms with E-state index in [-0.39, 0.29) is 11.5 Å². The Morgan fingerprint density at radius 2 is 1.68 bits per heavy atom. The van der Waals surface area contributed by atoms with Gasteiger partial charge < -0.3 is 9.47 Å². The van der Waals surface area contributed by atoms with Crippen LogP contribution in [-0.2, 0) is 10.0 Å². The molecule has 0 saturated heterocycles. The maximum atomic E-state index is 12.1. The highest BCUT2D eigenvalue weighted by atomic mass is 32.2. The molecule has 0 aliphatic rings. The molecule has 2 aromatic carbocycles. The summed E-state index contributed by atoms with van der Waals surface area (Å²) >= 11 is 0. The van der Waals surface area contributed by atoms with Gasteiger partial charge >= 0.3 is 0 Å². The Hall–Kier alpha value is -3.05. The summed E-state index contributed by atoms with van der Waals surface area (Å²) in [6.45, 7) is 2.33. The third-order valence-corrected chi connectivity index (χ3v) is 4.25. The molecule has 0 aromatic heterocycles. The second-order valence-corrected chi connectivity index (χ2v) is 6.43. The van der Waals surface area contributed by atoms with Crippen LogP contribution in [0.1, 0.15) is 12.5 Å². The van der Waals surface area contributed by atoms with E-state index in [9.17, 15) is 8.42 Å². The van der Waals surface area contributed by atoms with Gasteiger partial charge in [0.1, 0.15) is 17.6 Å². The van der Waals surface area contributed by atoms with Gasteiger partial charge in [0, 0.05) is 0 Å². The number of hydrazone groups is 1. The van der Waals surface area contributed by atoms with Crippen LogP contribution in [0.15, 0.2) is 58.5 Å². The molecule has 0 bridgehead atoms. The SMILES string of the molecule is CCOc1ccc(S(=O)(=O)N/N=C\c2ccc(OCC#N)cc2)cc1. The molecule has 0 saturated carbocycles. The van der Waals surface area contributed by atoms with Crippen LogP contribution < -0.4 is 14.3 Å². The van der Waals surface area contributed by atoms with Crippen LogP contribution in [0, 0.1) is 11.3 Å². The van der Waals surface area contributed by atoms with E-state index in [0.717, 1.165) is 0 Å². The fourth-order valence-corrected chi connectivity index (χ4v) is 2.66. The van der Waals surface area contributed by atoms with Crippen molar-refractivity contribution in [2.75, 3.05) is 13.2 Å². The molecule has 2 aromatic rings. The van der Waals surface area contributed by atoms with Crippen LogP contribution in [0.25, 0.3) is 0 Å². The van der Waals surface area contributed by atoms with E-state index in [4.69, 9.17) is 14.7 Å². The zero-order valence-corrected chi connectivity index (χ0v) is 14.4. The molecule has 0 atom stereocenters. The van der Waals surface area contributed by atoms with E-state index in [1.54, 1.807) is 36.4 Å². The molecule has 25 heavy (non-hydrogen) atoms. The summed E-state index contributed by atoms with van der Waals surface area (Å²) in [5.41, 5.74) is 0.679. The summed E-state index contributed by atoms with van der Waals surface area (Å²) < 4.78 is 34.7. The molecule has 2 rings (SSSR count). The number of hydrogen-bond acceptors (Lipinski definition) is 6. The highest BCUT2D eigenvalue weighted by Crippen LogP contribution is 2.16. The van der Waals surface area contributed by atoms with Crippen molar-refractivity contribution >= 4 is 16.2 Å². The smallest absolute Gasteiger partial charge is 0.276 e. The van der Waals surface area contributed by atoms with Crippen molar-refractivity contribution in [2.45, 2.75) is 11.8 Å². The van der Waals surface area contributed by atoms with Crippen molar-refractivity contribution in [2.24, 2.45) is 5.10 Å². The molecule has 130 valence electrons. The molecule has 8 heteroatoms. The topological polar surface area (TPSA) is 101 Å². The summed E-state index contributed by atoms with van der Waals surface area (Å²) in [5, 5.41) is 12.2. The molecule has 0 spiro atoms. The quantitative estimate of drug-likeness (QED) is 0.576. The number of benzene rings is 2. The van der Waals surface area contributed by atoms with Crippen LogP contribution in [0.4, 0.5) is 0 Å². The van der Waals surface area contributed by atoms with E-state index < -0.39 is 10.0 Å². The minimum Gasteiger partial charge on any atom is -0.494 e. The first-order valence-electron chi connectivity index (χ1n) is 7.42. The predicted molar refractivity (Wildman–Crippen MR) is 93.1 cm³/mol. The van der Waals surface area contributed by atoms with Gasteiger partial charge in [0.15, 0.2) is 6.61 Å². The van der Waals surface area contributed by atoms with E-state index in [1.165, 1.54) is 18.3 Å². The number of sulfonamides is 1. The summed E-state index contributed by atoms with van der Waals surface area (Å²) in [7, 11) is -3.75. The Balaban J connectivity index is 1.98. The van der Waals surface area contributed by atoms with E-state index in [1.807, 2.05) is 13.0 Å². The highest BCUT2D eigenvalue weighted by Gasteiger charge is 2.12. The van der Waals surface area contributed by atoms with Gasteiger partial charge in [0.2, 0.25) is 0 Å². The molecule has 0 heterocycles. The fraction of sp³-hybridized carbons (Fsp3) is 0.176. The van der Waals surface area contributed by atoms with Crippen molar-refractivity contribution in [3.8, 4) is 17.6 Å². The second kappa shape index (κ2) is 8.70. The molecule has 0 aliphatic heterocycles. The van der Waals surface area contributed by atoms with Crippen LogP contribution in [0.5, 0.6) is 11.5 Å². The van der Waals surface area contributed by atoms with E-state index >= 15 is 0 Å². The molecule has 0 aliphatic carbocycles. The van der Waals surface area contributed by atoms with Gasteiger partial charge in [0.05, 0.1) is 17.7 Å². The van der Waals surface area contributed by atoms with E-state index in [0.29, 0.717) is 23.7 Å². The lowest BCUT2D eigenvalue weighted by molar-refractivity contribution is 0.340. The van der Waals surface area contributed by atoms with Gasteiger partial charge in [-0.05, 0) is 61.0 Å². The van der Waals surface area contributed by atoms with Gasteiger partial charge in [-0.1, -0.05) is 0 Å². The Morgan fingerprint density at radius 3 is 2.28 bits per heavy atom. The van der Waals surface area contributed by atoms with Crippen LogP contribution in [-0.4, -0.2) is 27.8 Å². The monoisotopic (exact) mass is 359 g/mol. The van der Waals surface area contributed by atoms with Gasteiger partial charge in [-0.25, -0.2) is 4.83 Å². The molecule has 0 radical (unpaired) electrons. The summed E-state index contributed by atoms with van der Waals surface area (Å²) in [5.74, 6) is 1.15. The standard InChI is InChI=1S/C17H17N3O4S/c1-2-23-15-7-9-17(10-8-15)25(21,22)20-19-13-14-3-5-16(6-4-14)24-12-11-18/h3-10,13,20H,2,12H2,1H3/b19-13-. The third-order valence-electron chi connectivity index (χ3n) is 3.02. The molecular formula is C17H17N3O4S. The molecular weight excluding hydrogens is 342 g/mol. The van der Waals surface area contributed by atoms with Gasteiger partial charge in [-0.2, -0.15) is 18.8 Å².